The summed E-state index contributed by atoms with van der Waals surface area (Å²) < 4.78 is 2.10. The Hall–Kier alpha value is -1.12. The molecule has 0 aliphatic heterocycles. The van der Waals surface area contributed by atoms with Crippen molar-refractivity contribution in [2.75, 3.05) is 0 Å². The summed E-state index contributed by atoms with van der Waals surface area (Å²) in [6.07, 6.45) is 13.5. The lowest BCUT2D eigenvalue weighted by Crippen LogP contribution is -2.31. The molecule has 0 unspecified atom stereocenters. The second-order valence-electron chi connectivity index (χ2n) is 6.95. The van der Waals surface area contributed by atoms with Crippen molar-refractivity contribution in [3.05, 3.63) is 18.0 Å². The minimum atomic E-state index is -0.0879. The van der Waals surface area contributed by atoms with E-state index in [9.17, 15) is 4.79 Å². The van der Waals surface area contributed by atoms with Gasteiger partial charge >= 0.3 is 0 Å². The van der Waals surface area contributed by atoms with Crippen molar-refractivity contribution in [1.29, 1.82) is 0 Å². The van der Waals surface area contributed by atoms with Gasteiger partial charge in [-0.25, -0.2) is 0 Å². The number of hydrogen-bond acceptors (Lipinski definition) is 2. The number of hydrogen-bond donors (Lipinski definition) is 0. The number of aromatic nitrogens is 2. The van der Waals surface area contributed by atoms with E-state index in [0.29, 0.717) is 18.2 Å². The molecule has 2 aliphatic rings. The zero-order chi connectivity index (χ0) is 14.0. The Labute approximate surface area is 121 Å². The molecule has 0 atom stereocenters. The van der Waals surface area contributed by atoms with Gasteiger partial charge in [0.15, 0.2) is 0 Å². The first-order valence-corrected chi connectivity index (χ1v) is 8.25. The van der Waals surface area contributed by atoms with Crippen molar-refractivity contribution in [2.24, 2.45) is 5.41 Å². The molecule has 0 radical (unpaired) electrons. The van der Waals surface area contributed by atoms with Crippen LogP contribution < -0.4 is 0 Å². The number of carbonyl (C=O) groups is 1. The van der Waals surface area contributed by atoms with Crippen LogP contribution >= 0.6 is 0 Å². The molecule has 3 rings (SSSR count). The second-order valence-corrected chi connectivity index (χ2v) is 6.95. The Morgan fingerprint density at radius 1 is 1.25 bits per heavy atom. The quantitative estimate of drug-likeness (QED) is 0.829. The molecule has 110 valence electrons. The van der Waals surface area contributed by atoms with E-state index >= 15 is 0 Å². The van der Waals surface area contributed by atoms with Gasteiger partial charge in [0.25, 0.3) is 0 Å². The van der Waals surface area contributed by atoms with E-state index in [0.717, 1.165) is 18.5 Å². The van der Waals surface area contributed by atoms with Gasteiger partial charge in [-0.15, -0.1) is 0 Å². The van der Waals surface area contributed by atoms with Crippen LogP contribution in [-0.4, -0.2) is 15.6 Å². The Balaban J connectivity index is 1.63. The number of nitrogens with zero attached hydrogens (tertiary/aromatic N) is 2. The largest absolute Gasteiger partial charge is 0.299 e. The SMILES string of the molecule is CC1(C(=O)Cc2ccn(C3CCCC3)n2)CCCCC1. The summed E-state index contributed by atoms with van der Waals surface area (Å²) in [7, 11) is 0. The molecule has 0 bridgehead atoms. The van der Waals surface area contributed by atoms with E-state index in [1.54, 1.807) is 0 Å². The summed E-state index contributed by atoms with van der Waals surface area (Å²) >= 11 is 0. The highest BCUT2D eigenvalue weighted by Gasteiger charge is 2.34. The smallest absolute Gasteiger partial charge is 0.144 e. The highest BCUT2D eigenvalue weighted by Crippen LogP contribution is 2.37. The van der Waals surface area contributed by atoms with Crippen LogP contribution in [0.15, 0.2) is 12.3 Å². The lowest BCUT2D eigenvalue weighted by molar-refractivity contribution is -0.128. The standard InChI is InChI=1S/C17H26N2O/c1-17(10-5-2-6-11-17)16(20)13-14-9-12-19(18-14)15-7-3-4-8-15/h9,12,15H,2-8,10-11,13H2,1H3. The van der Waals surface area contributed by atoms with Crippen LogP contribution in [0.4, 0.5) is 0 Å². The maximum absolute atomic E-state index is 12.6. The Kier molecular flexibility index (Phi) is 3.95. The molecule has 0 amide bonds. The molecule has 0 N–H and O–H groups in total. The topological polar surface area (TPSA) is 34.9 Å². The fourth-order valence-corrected chi connectivity index (χ4v) is 3.83. The first-order valence-electron chi connectivity index (χ1n) is 8.25. The molecule has 20 heavy (non-hydrogen) atoms. The number of Topliss-reactive ketones (excluding diaryl/α,β-unsaturated/α-hetero) is 1. The third-order valence-electron chi connectivity index (χ3n) is 5.33. The average Bonchev–Trinajstić information content (AvgIpc) is 3.09. The first kappa shape index (κ1) is 13.8. The van der Waals surface area contributed by atoms with Gasteiger partial charge in [-0.05, 0) is 31.7 Å². The summed E-state index contributed by atoms with van der Waals surface area (Å²) in [5, 5.41) is 4.65. The van der Waals surface area contributed by atoms with Crippen LogP contribution in [0.5, 0.6) is 0 Å². The normalized spacial score (nSPS) is 23.1. The summed E-state index contributed by atoms with van der Waals surface area (Å²) in [5.74, 6) is 0.397. The molecule has 0 aromatic carbocycles. The lowest BCUT2D eigenvalue weighted by Gasteiger charge is -2.31. The van der Waals surface area contributed by atoms with Crippen LogP contribution in [0.1, 0.15) is 76.4 Å². The Morgan fingerprint density at radius 2 is 1.95 bits per heavy atom. The van der Waals surface area contributed by atoms with Crippen molar-refractivity contribution in [3.63, 3.8) is 0 Å². The molecule has 0 saturated heterocycles. The van der Waals surface area contributed by atoms with Crippen molar-refractivity contribution in [1.82, 2.24) is 9.78 Å². The van der Waals surface area contributed by atoms with Gasteiger partial charge in [0.1, 0.15) is 5.78 Å². The van der Waals surface area contributed by atoms with E-state index in [4.69, 9.17) is 0 Å². The summed E-state index contributed by atoms with van der Waals surface area (Å²) in [4.78, 5) is 12.6. The second kappa shape index (κ2) is 5.71. The first-order chi connectivity index (χ1) is 9.67. The van der Waals surface area contributed by atoms with Crippen molar-refractivity contribution < 1.29 is 4.79 Å². The van der Waals surface area contributed by atoms with Crippen molar-refractivity contribution >= 4 is 5.78 Å². The molecular weight excluding hydrogens is 248 g/mol. The average molecular weight is 274 g/mol. The van der Waals surface area contributed by atoms with Gasteiger partial charge in [0.2, 0.25) is 0 Å². The third-order valence-corrected chi connectivity index (χ3v) is 5.33. The molecule has 3 nitrogen and oxygen atoms in total. The lowest BCUT2D eigenvalue weighted by atomic mass is 9.72. The molecule has 1 heterocycles. The molecule has 2 fully saturated rings. The van der Waals surface area contributed by atoms with Crippen LogP contribution in [0.3, 0.4) is 0 Å². The van der Waals surface area contributed by atoms with Gasteiger partial charge in [-0.1, -0.05) is 39.0 Å². The molecule has 1 aromatic rings. The molecular formula is C17H26N2O. The summed E-state index contributed by atoms with van der Waals surface area (Å²) in [5.41, 5.74) is 0.878. The maximum atomic E-state index is 12.6. The molecule has 2 aliphatic carbocycles. The molecule has 0 spiro atoms. The summed E-state index contributed by atoms with van der Waals surface area (Å²) in [6, 6.07) is 2.62. The van der Waals surface area contributed by atoms with Crippen LogP contribution in [-0.2, 0) is 11.2 Å². The zero-order valence-electron chi connectivity index (χ0n) is 12.6. The third kappa shape index (κ3) is 2.82. The summed E-state index contributed by atoms with van der Waals surface area (Å²) in [6.45, 7) is 2.16. The highest BCUT2D eigenvalue weighted by atomic mass is 16.1. The van der Waals surface area contributed by atoms with E-state index in [2.05, 4.69) is 22.9 Å². The minimum Gasteiger partial charge on any atom is -0.299 e. The Morgan fingerprint density at radius 3 is 2.65 bits per heavy atom. The van der Waals surface area contributed by atoms with Crippen LogP contribution in [0.25, 0.3) is 0 Å². The van der Waals surface area contributed by atoms with Crippen LogP contribution in [0.2, 0.25) is 0 Å². The maximum Gasteiger partial charge on any atom is 0.144 e. The number of rotatable bonds is 4. The van der Waals surface area contributed by atoms with Gasteiger partial charge < -0.3 is 0 Å². The monoisotopic (exact) mass is 274 g/mol. The number of carbonyl (C=O) groups excluding carboxylic acids is 1. The van der Waals surface area contributed by atoms with E-state index < -0.39 is 0 Å². The minimum absolute atomic E-state index is 0.0879. The van der Waals surface area contributed by atoms with Crippen molar-refractivity contribution in [3.8, 4) is 0 Å². The fraction of sp³-hybridized carbons (Fsp3) is 0.765. The molecule has 3 heteroatoms. The Bertz CT molecular complexity index is 465. The van der Waals surface area contributed by atoms with Gasteiger partial charge in [-0.2, -0.15) is 5.10 Å². The highest BCUT2D eigenvalue weighted by molar-refractivity contribution is 5.86. The fourth-order valence-electron chi connectivity index (χ4n) is 3.83. The van der Waals surface area contributed by atoms with E-state index in [1.165, 1.54) is 44.9 Å². The molecule has 1 aromatic heterocycles. The number of ketones is 1. The zero-order valence-corrected chi connectivity index (χ0v) is 12.6. The van der Waals surface area contributed by atoms with Crippen molar-refractivity contribution in [2.45, 2.75) is 77.2 Å². The molecule has 2 saturated carbocycles. The van der Waals surface area contributed by atoms with Gasteiger partial charge in [0, 0.05) is 11.6 Å². The van der Waals surface area contributed by atoms with E-state index in [1.807, 2.05) is 6.07 Å². The predicted molar refractivity (Wildman–Crippen MR) is 79.6 cm³/mol. The van der Waals surface area contributed by atoms with Gasteiger partial charge in [0.05, 0.1) is 18.2 Å². The van der Waals surface area contributed by atoms with E-state index in [-0.39, 0.29) is 5.41 Å². The van der Waals surface area contributed by atoms with Crippen LogP contribution in [0, 0.1) is 5.41 Å². The van der Waals surface area contributed by atoms with Gasteiger partial charge in [-0.3, -0.25) is 9.48 Å². The predicted octanol–water partition coefficient (Wildman–Crippen LogP) is 4.08.